The van der Waals surface area contributed by atoms with Gasteiger partial charge in [-0.25, -0.2) is 9.78 Å². The van der Waals surface area contributed by atoms with Crippen LogP contribution in [0.5, 0.6) is 5.88 Å². The van der Waals surface area contributed by atoms with E-state index in [0.717, 1.165) is 6.07 Å². The second kappa shape index (κ2) is 7.87. The lowest BCUT2D eigenvalue weighted by Crippen LogP contribution is -2.41. The number of aromatic nitrogens is 1. The molecule has 0 spiro atoms. The van der Waals surface area contributed by atoms with Gasteiger partial charge in [-0.1, -0.05) is 25.4 Å². The first kappa shape index (κ1) is 20.6. The van der Waals surface area contributed by atoms with Crippen LogP contribution in [0.15, 0.2) is 12.3 Å². The van der Waals surface area contributed by atoms with Crippen molar-refractivity contribution in [1.29, 1.82) is 0 Å². The largest absolute Gasteiger partial charge is 0.475 e. The fraction of sp³-hybridized carbons (Fsp3) is 0.625. The molecule has 1 aliphatic heterocycles. The van der Waals surface area contributed by atoms with Gasteiger partial charge in [0.2, 0.25) is 5.88 Å². The summed E-state index contributed by atoms with van der Waals surface area (Å²) in [5.74, 6) is 0.0428. The van der Waals surface area contributed by atoms with Crippen molar-refractivity contribution in [3.63, 3.8) is 0 Å². The number of carbonyl (C=O) groups is 1. The Hall–Kier alpha value is -1.74. The van der Waals surface area contributed by atoms with Crippen LogP contribution in [-0.4, -0.2) is 53.9 Å². The van der Waals surface area contributed by atoms with Crippen molar-refractivity contribution in [1.82, 2.24) is 15.2 Å². The Bertz CT molecular complexity index is 659. The molecule has 1 fully saturated rings. The van der Waals surface area contributed by atoms with Crippen LogP contribution in [0.4, 0.5) is 18.0 Å². The van der Waals surface area contributed by atoms with Crippen molar-refractivity contribution < 1.29 is 27.8 Å². The summed E-state index contributed by atoms with van der Waals surface area (Å²) in [6.45, 7) is 5.03. The minimum atomic E-state index is -4.53. The molecular weight excluding hydrogens is 375 g/mol. The van der Waals surface area contributed by atoms with Gasteiger partial charge in [0.15, 0.2) is 0 Å². The van der Waals surface area contributed by atoms with E-state index >= 15 is 0 Å². The van der Waals surface area contributed by atoms with Gasteiger partial charge in [0.25, 0.3) is 0 Å². The average Bonchev–Trinajstić information content (AvgIpc) is 2.87. The van der Waals surface area contributed by atoms with Crippen LogP contribution in [0.25, 0.3) is 0 Å². The third-order valence-electron chi connectivity index (χ3n) is 4.64. The summed E-state index contributed by atoms with van der Waals surface area (Å²) in [4.78, 5) is 17.3. The number of nitrogens with one attached hydrogen (secondary N) is 1. The molecule has 0 aromatic carbocycles. The number of alkyl halides is 3. The van der Waals surface area contributed by atoms with Crippen LogP contribution in [0.3, 0.4) is 0 Å². The first-order valence-electron chi connectivity index (χ1n) is 8.06. The highest BCUT2D eigenvalue weighted by Gasteiger charge is 2.41. The number of aliphatic hydroxyl groups is 1. The van der Waals surface area contributed by atoms with Gasteiger partial charge in [-0.05, 0) is 12.0 Å². The number of likely N-dealkylation sites (tertiary alicyclic amines) is 1. The molecule has 6 nitrogen and oxygen atoms in total. The maximum atomic E-state index is 12.5. The van der Waals surface area contributed by atoms with Crippen LogP contribution in [0, 0.1) is 11.3 Å². The summed E-state index contributed by atoms with van der Waals surface area (Å²) in [7, 11) is 0. The molecule has 1 aliphatic rings. The van der Waals surface area contributed by atoms with Gasteiger partial charge >= 0.3 is 12.2 Å². The third-order valence-corrected chi connectivity index (χ3v) is 4.91. The summed E-state index contributed by atoms with van der Waals surface area (Å²) in [6, 6.07) is 0.452. The molecule has 1 aromatic heterocycles. The smallest absolute Gasteiger partial charge is 0.417 e. The molecule has 0 saturated carbocycles. The van der Waals surface area contributed by atoms with Crippen LogP contribution < -0.4 is 10.1 Å². The van der Waals surface area contributed by atoms with Gasteiger partial charge in [0.05, 0.1) is 18.7 Å². The highest BCUT2D eigenvalue weighted by Crippen LogP contribution is 2.35. The maximum absolute atomic E-state index is 12.5. The summed E-state index contributed by atoms with van der Waals surface area (Å²) < 4.78 is 42.8. The number of rotatable bonds is 5. The summed E-state index contributed by atoms with van der Waals surface area (Å²) in [5, 5.41) is 11.9. The number of halogens is 4. The van der Waals surface area contributed by atoms with Crippen molar-refractivity contribution in [2.24, 2.45) is 11.3 Å². The minimum Gasteiger partial charge on any atom is -0.475 e. The number of amides is 2. The average molecular weight is 396 g/mol. The molecule has 0 aliphatic carbocycles. The Balaban J connectivity index is 1.80. The van der Waals surface area contributed by atoms with E-state index in [-0.39, 0.29) is 48.0 Å². The molecule has 2 N–H and O–H groups in total. The van der Waals surface area contributed by atoms with Gasteiger partial charge in [0.1, 0.15) is 11.6 Å². The van der Waals surface area contributed by atoms with Gasteiger partial charge in [-0.15, -0.1) is 0 Å². The van der Waals surface area contributed by atoms with Gasteiger partial charge in [-0.2, -0.15) is 13.2 Å². The lowest BCUT2D eigenvalue weighted by Gasteiger charge is -2.25. The van der Waals surface area contributed by atoms with Crippen LogP contribution >= 0.6 is 11.6 Å². The molecule has 10 heteroatoms. The van der Waals surface area contributed by atoms with Crippen molar-refractivity contribution in [3.8, 4) is 5.88 Å². The second-order valence-corrected chi connectivity index (χ2v) is 7.09. The van der Waals surface area contributed by atoms with Crippen molar-refractivity contribution >= 4 is 17.6 Å². The number of ether oxygens (including phenoxy) is 1. The van der Waals surface area contributed by atoms with E-state index in [2.05, 4.69) is 10.3 Å². The molecule has 2 amide bonds. The number of aliphatic hydroxyl groups excluding tert-OH is 1. The Morgan fingerprint density at radius 2 is 2.27 bits per heavy atom. The zero-order valence-electron chi connectivity index (χ0n) is 14.4. The minimum absolute atomic E-state index is 0.000846. The summed E-state index contributed by atoms with van der Waals surface area (Å²) in [5.41, 5.74) is -1.29. The zero-order valence-corrected chi connectivity index (χ0v) is 15.2. The second-order valence-electron chi connectivity index (χ2n) is 6.68. The first-order chi connectivity index (χ1) is 12.1. The molecule has 0 bridgehead atoms. The number of urea groups is 1. The molecule has 2 rings (SSSR count). The molecule has 2 unspecified atom stereocenters. The molecule has 0 radical (unpaired) electrons. The van der Waals surface area contributed by atoms with Gasteiger partial charge < -0.3 is 20.1 Å². The van der Waals surface area contributed by atoms with E-state index < -0.39 is 11.7 Å². The van der Waals surface area contributed by atoms with Gasteiger partial charge in [0, 0.05) is 24.7 Å². The molecule has 146 valence electrons. The quantitative estimate of drug-likeness (QED) is 0.752. The number of hydrogen-bond acceptors (Lipinski definition) is 4. The lowest BCUT2D eigenvalue weighted by atomic mass is 9.82. The SMILES string of the molecule is CC1CN(C(=O)NCCOc2ncc(C(F)(F)F)cc2Cl)CC1(C)CO. The monoisotopic (exact) mass is 395 g/mol. The lowest BCUT2D eigenvalue weighted by molar-refractivity contribution is -0.137. The van der Waals surface area contributed by atoms with Gasteiger partial charge in [-0.3, -0.25) is 0 Å². The number of carbonyl (C=O) groups excluding carboxylic acids is 1. The molecule has 1 saturated heterocycles. The number of hydrogen-bond donors (Lipinski definition) is 2. The Morgan fingerprint density at radius 3 is 2.81 bits per heavy atom. The van der Waals surface area contributed by atoms with Crippen LogP contribution in [-0.2, 0) is 6.18 Å². The summed E-state index contributed by atoms with van der Waals surface area (Å²) >= 11 is 5.74. The van der Waals surface area contributed by atoms with E-state index in [0.29, 0.717) is 19.3 Å². The Morgan fingerprint density at radius 1 is 1.58 bits per heavy atom. The first-order valence-corrected chi connectivity index (χ1v) is 8.44. The molecule has 26 heavy (non-hydrogen) atoms. The fourth-order valence-electron chi connectivity index (χ4n) is 2.67. The Labute approximate surface area is 154 Å². The highest BCUT2D eigenvalue weighted by molar-refractivity contribution is 6.31. The molecule has 2 heterocycles. The zero-order chi connectivity index (χ0) is 19.5. The van der Waals surface area contributed by atoms with E-state index in [9.17, 15) is 23.1 Å². The standard InChI is InChI=1S/C16H21ClF3N3O3/c1-10-7-23(8-15(10,2)9-24)14(25)21-3-4-26-13-12(17)5-11(6-22-13)16(18,19)20/h5-6,10,24H,3-4,7-9H2,1-2H3,(H,21,25). The van der Waals surface area contributed by atoms with E-state index in [1.165, 1.54) is 0 Å². The van der Waals surface area contributed by atoms with Crippen molar-refractivity contribution in [2.45, 2.75) is 20.0 Å². The number of pyridine rings is 1. The fourth-order valence-corrected chi connectivity index (χ4v) is 2.89. The predicted molar refractivity (Wildman–Crippen MR) is 89.1 cm³/mol. The third kappa shape index (κ3) is 4.70. The maximum Gasteiger partial charge on any atom is 0.417 e. The van der Waals surface area contributed by atoms with E-state index in [4.69, 9.17) is 16.3 Å². The van der Waals surface area contributed by atoms with Crippen molar-refractivity contribution in [3.05, 3.63) is 22.8 Å². The van der Waals surface area contributed by atoms with Crippen molar-refractivity contribution in [2.75, 3.05) is 32.8 Å². The predicted octanol–water partition coefficient (Wildman–Crippen LogP) is 2.79. The molecule has 2 atom stereocenters. The van der Waals surface area contributed by atoms with Crippen LogP contribution in [0.1, 0.15) is 19.4 Å². The highest BCUT2D eigenvalue weighted by atomic mass is 35.5. The Kier molecular flexibility index (Phi) is 6.23. The molecular formula is C16H21ClF3N3O3. The normalized spacial score (nSPS) is 23.2. The van der Waals surface area contributed by atoms with E-state index in [1.54, 1.807) is 4.90 Å². The molecule has 1 aromatic rings. The van der Waals surface area contributed by atoms with Crippen LogP contribution in [0.2, 0.25) is 5.02 Å². The van der Waals surface area contributed by atoms with E-state index in [1.807, 2.05) is 13.8 Å². The summed E-state index contributed by atoms with van der Waals surface area (Å²) in [6.07, 6.45) is -3.89. The topological polar surface area (TPSA) is 74.7 Å². The number of nitrogens with zero attached hydrogens (tertiary/aromatic N) is 2.